The van der Waals surface area contributed by atoms with Crippen molar-refractivity contribution in [3.05, 3.63) is 35.6 Å². The minimum Gasteiger partial charge on any atom is -0.493 e. The van der Waals surface area contributed by atoms with Gasteiger partial charge in [0.15, 0.2) is 5.75 Å². The lowest BCUT2D eigenvalue weighted by molar-refractivity contribution is 0.419. The molecule has 0 atom stereocenters. The molecule has 3 rings (SSSR count). The number of nitrogens with zero attached hydrogens (tertiary/aromatic N) is 2. The maximum atomic E-state index is 6.28. The third-order valence-corrected chi connectivity index (χ3v) is 3.43. The van der Waals surface area contributed by atoms with Crippen LogP contribution in [0.25, 0.3) is 21.8 Å². The molecule has 5 heteroatoms. The van der Waals surface area contributed by atoms with E-state index in [1.165, 1.54) is 4.09 Å². The van der Waals surface area contributed by atoms with Crippen LogP contribution in [0.2, 0.25) is 5.02 Å². The smallest absolute Gasteiger partial charge is 0.163 e. The Bertz CT molecular complexity index is 721. The van der Waals surface area contributed by atoms with Gasteiger partial charge in [-0.3, -0.25) is 4.98 Å². The molecule has 0 saturated carbocycles. The highest BCUT2D eigenvalue weighted by Gasteiger charge is 2.15. The van der Waals surface area contributed by atoms with Crippen molar-refractivity contribution >= 4 is 45.2 Å². The number of ether oxygens (including phenoxy) is 1. The Hall–Kier alpha value is -1.45. The van der Waals surface area contributed by atoms with E-state index in [9.17, 15) is 0 Å². The average Bonchev–Trinajstić information content (AvgIpc) is 2.64. The van der Waals surface area contributed by atoms with Crippen LogP contribution in [0, 0.1) is 0 Å². The van der Waals surface area contributed by atoms with Crippen molar-refractivity contribution in [1.29, 1.82) is 0 Å². The van der Waals surface area contributed by atoms with E-state index in [4.69, 9.17) is 28.1 Å². The molecule has 0 amide bonds. The molecule has 0 unspecified atom stereocenters. The highest BCUT2D eigenvalue weighted by molar-refractivity contribution is 6.35. The van der Waals surface area contributed by atoms with Gasteiger partial charge in [0, 0.05) is 28.7 Å². The molecule has 0 N–H and O–H groups in total. The maximum Gasteiger partial charge on any atom is 0.163 e. The van der Waals surface area contributed by atoms with Crippen LogP contribution in [0.4, 0.5) is 0 Å². The monoisotopic (exact) mass is 266 g/mol. The molecule has 17 heavy (non-hydrogen) atoms. The van der Waals surface area contributed by atoms with Crippen molar-refractivity contribution in [2.45, 2.75) is 0 Å². The molecule has 0 bridgehead atoms. The molecule has 0 spiro atoms. The number of benzene rings is 1. The van der Waals surface area contributed by atoms with Gasteiger partial charge >= 0.3 is 0 Å². The van der Waals surface area contributed by atoms with Crippen molar-refractivity contribution in [1.82, 2.24) is 9.07 Å². The van der Waals surface area contributed by atoms with Crippen LogP contribution in [0.3, 0.4) is 0 Å². The lowest BCUT2D eigenvalue weighted by atomic mass is 10.2. The van der Waals surface area contributed by atoms with Crippen LogP contribution in [0.5, 0.6) is 5.75 Å². The number of rotatable bonds is 1. The fourth-order valence-corrected chi connectivity index (χ4v) is 2.58. The largest absolute Gasteiger partial charge is 0.493 e. The Balaban J connectivity index is 2.61. The van der Waals surface area contributed by atoms with Crippen molar-refractivity contribution < 1.29 is 4.74 Å². The second kappa shape index (κ2) is 3.79. The molecule has 0 saturated heterocycles. The average molecular weight is 267 g/mol. The number of halogens is 2. The third kappa shape index (κ3) is 1.39. The highest BCUT2D eigenvalue weighted by atomic mass is 35.5. The predicted octanol–water partition coefficient (Wildman–Crippen LogP) is 3.85. The second-order valence-corrected chi connectivity index (χ2v) is 4.40. The summed E-state index contributed by atoms with van der Waals surface area (Å²) in [5.41, 5.74) is 1.61. The number of pyridine rings is 1. The summed E-state index contributed by atoms with van der Waals surface area (Å²) in [5.74, 6) is 0.579. The molecule has 0 radical (unpaired) electrons. The highest BCUT2D eigenvalue weighted by Crippen LogP contribution is 2.39. The number of hydrogen-bond acceptors (Lipinski definition) is 2. The fraction of sp³-hybridized carbons (Fsp3) is 0.0833. The van der Waals surface area contributed by atoms with E-state index >= 15 is 0 Å². The van der Waals surface area contributed by atoms with Gasteiger partial charge in [-0.2, -0.15) is 0 Å². The van der Waals surface area contributed by atoms with Crippen LogP contribution >= 0.6 is 23.4 Å². The first-order valence-corrected chi connectivity index (χ1v) is 5.72. The van der Waals surface area contributed by atoms with Crippen LogP contribution in [0.1, 0.15) is 0 Å². The van der Waals surface area contributed by atoms with Crippen LogP contribution < -0.4 is 4.74 Å². The van der Waals surface area contributed by atoms with E-state index in [1.54, 1.807) is 25.6 Å². The van der Waals surface area contributed by atoms with Crippen molar-refractivity contribution in [2.75, 3.05) is 7.11 Å². The Morgan fingerprint density at radius 2 is 2.06 bits per heavy atom. The quantitative estimate of drug-likeness (QED) is 0.669. The summed E-state index contributed by atoms with van der Waals surface area (Å²) in [5, 5.41) is 2.57. The molecule has 0 aliphatic heterocycles. The van der Waals surface area contributed by atoms with E-state index < -0.39 is 0 Å². The van der Waals surface area contributed by atoms with Gasteiger partial charge in [0.25, 0.3) is 0 Å². The van der Waals surface area contributed by atoms with E-state index in [0.717, 1.165) is 21.8 Å². The van der Waals surface area contributed by atoms with Crippen LogP contribution in [-0.4, -0.2) is 16.2 Å². The van der Waals surface area contributed by atoms with Gasteiger partial charge in [-0.1, -0.05) is 17.7 Å². The predicted molar refractivity (Wildman–Crippen MR) is 70.1 cm³/mol. The van der Waals surface area contributed by atoms with Crippen molar-refractivity contribution in [2.24, 2.45) is 0 Å². The van der Waals surface area contributed by atoms with E-state index in [1.807, 2.05) is 12.1 Å². The maximum absolute atomic E-state index is 6.28. The fourth-order valence-electron chi connectivity index (χ4n) is 2.04. The molecule has 3 aromatic rings. The summed E-state index contributed by atoms with van der Waals surface area (Å²) in [6.07, 6.45) is 3.45. The molecule has 0 fully saturated rings. The third-order valence-electron chi connectivity index (χ3n) is 2.79. The summed E-state index contributed by atoms with van der Waals surface area (Å²) in [4.78, 5) is 4.07. The van der Waals surface area contributed by atoms with Gasteiger partial charge in [0.05, 0.1) is 23.8 Å². The van der Waals surface area contributed by atoms with Crippen LogP contribution in [-0.2, 0) is 0 Å². The SMILES string of the molecule is COc1c(Cl)ccc2c3ccncc3n(Cl)c12. The molecule has 0 aliphatic rings. The number of hydrogen-bond donors (Lipinski definition) is 0. The Morgan fingerprint density at radius 3 is 2.82 bits per heavy atom. The standard InChI is InChI=1S/C12H8Cl2N2O/c1-17-12-9(13)3-2-8-7-4-5-15-6-10(7)16(14)11(8)12/h2-6H,1H3. The van der Waals surface area contributed by atoms with E-state index in [0.29, 0.717) is 10.8 Å². The number of aromatic nitrogens is 2. The zero-order chi connectivity index (χ0) is 12.0. The molecular weight excluding hydrogens is 259 g/mol. The molecule has 3 nitrogen and oxygen atoms in total. The lowest BCUT2D eigenvalue weighted by Gasteiger charge is -2.05. The summed E-state index contributed by atoms with van der Waals surface area (Å²) < 4.78 is 6.84. The molecule has 1 aromatic carbocycles. The van der Waals surface area contributed by atoms with Gasteiger partial charge in [-0.05, 0) is 12.1 Å². The summed E-state index contributed by atoms with van der Waals surface area (Å²) in [6.45, 7) is 0. The van der Waals surface area contributed by atoms with Gasteiger partial charge in [-0.15, -0.1) is 0 Å². The number of fused-ring (bicyclic) bond motifs is 3. The van der Waals surface area contributed by atoms with Crippen molar-refractivity contribution in [3.63, 3.8) is 0 Å². The van der Waals surface area contributed by atoms with E-state index in [-0.39, 0.29) is 0 Å². The molecule has 2 aromatic heterocycles. The summed E-state index contributed by atoms with van der Waals surface area (Å²) >= 11 is 12.4. The lowest BCUT2D eigenvalue weighted by Crippen LogP contribution is -1.88. The first kappa shape index (κ1) is 10.7. The molecule has 0 aliphatic carbocycles. The van der Waals surface area contributed by atoms with Crippen molar-refractivity contribution in [3.8, 4) is 5.75 Å². The van der Waals surface area contributed by atoms with Crippen LogP contribution in [0.15, 0.2) is 30.6 Å². The molecule has 2 heterocycles. The van der Waals surface area contributed by atoms with Gasteiger partial charge < -0.3 is 4.74 Å². The van der Waals surface area contributed by atoms with Gasteiger partial charge in [-0.25, -0.2) is 4.09 Å². The summed E-state index contributed by atoms with van der Waals surface area (Å²) in [7, 11) is 1.58. The minimum atomic E-state index is 0.540. The molecule has 86 valence electrons. The Kier molecular flexibility index (Phi) is 2.38. The van der Waals surface area contributed by atoms with Gasteiger partial charge in [0.1, 0.15) is 5.52 Å². The second-order valence-electron chi connectivity index (χ2n) is 3.65. The zero-order valence-corrected chi connectivity index (χ0v) is 10.5. The first-order chi connectivity index (χ1) is 8.24. The normalized spacial score (nSPS) is 11.2. The van der Waals surface area contributed by atoms with E-state index in [2.05, 4.69) is 4.98 Å². The topological polar surface area (TPSA) is 27.1 Å². The zero-order valence-electron chi connectivity index (χ0n) is 8.95. The van der Waals surface area contributed by atoms with Gasteiger partial charge in [0.2, 0.25) is 0 Å². The Labute approximate surface area is 108 Å². The summed E-state index contributed by atoms with van der Waals surface area (Å²) in [6, 6.07) is 5.66. The Morgan fingerprint density at radius 1 is 1.24 bits per heavy atom. The minimum absolute atomic E-state index is 0.540. The first-order valence-electron chi connectivity index (χ1n) is 5.01. The number of methoxy groups -OCH3 is 1. The molecular formula is C12H8Cl2N2O.